The highest BCUT2D eigenvalue weighted by atomic mass is 16.5. The molecule has 0 fully saturated rings. The quantitative estimate of drug-likeness (QED) is 0.432. The van der Waals surface area contributed by atoms with Crippen LogP contribution in [0.25, 0.3) is 0 Å². The van der Waals surface area contributed by atoms with E-state index in [0.29, 0.717) is 13.2 Å². The minimum absolute atomic E-state index is 0.117. The van der Waals surface area contributed by atoms with Gasteiger partial charge in [0.2, 0.25) is 0 Å². The first-order valence-corrected chi connectivity index (χ1v) is 2.07. The summed E-state index contributed by atoms with van der Waals surface area (Å²) in [5, 5.41) is 9.56. The molecule has 0 saturated carbocycles. The minimum Gasteiger partial charge on any atom is -0.853 e. The summed E-state index contributed by atoms with van der Waals surface area (Å²) in [5.74, 6) is 0. The van der Waals surface area contributed by atoms with Gasteiger partial charge in [0.1, 0.15) is 0 Å². The molecule has 6 heavy (non-hydrogen) atoms. The minimum atomic E-state index is -0.117. The van der Waals surface area contributed by atoms with Gasteiger partial charge in [-0.05, 0) is 6.92 Å². The molecule has 0 aromatic rings. The van der Waals surface area contributed by atoms with Crippen molar-refractivity contribution in [3.63, 3.8) is 0 Å². The van der Waals surface area contributed by atoms with Gasteiger partial charge in [0.15, 0.2) is 0 Å². The Morgan fingerprint density at radius 2 is 2.33 bits per heavy atom. The van der Waals surface area contributed by atoms with Crippen molar-refractivity contribution in [3.05, 3.63) is 0 Å². The van der Waals surface area contributed by atoms with Gasteiger partial charge in [0.05, 0.1) is 0 Å². The highest BCUT2D eigenvalue weighted by Gasteiger charge is 1.67. The van der Waals surface area contributed by atoms with Crippen LogP contribution in [-0.4, -0.2) is 19.8 Å². The Morgan fingerprint density at radius 3 is 2.50 bits per heavy atom. The van der Waals surface area contributed by atoms with E-state index in [-0.39, 0.29) is 6.61 Å². The summed E-state index contributed by atoms with van der Waals surface area (Å²) in [4.78, 5) is 0. The van der Waals surface area contributed by atoms with Gasteiger partial charge < -0.3 is 9.84 Å². The molecular formula is C4H9O2-. The summed E-state index contributed by atoms with van der Waals surface area (Å²) in [6.07, 6.45) is 0. The summed E-state index contributed by atoms with van der Waals surface area (Å²) in [7, 11) is 0. The van der Waals surface area contributed by atoms with Crippen LogP contribution in [0.15, 0.2) is 0 Å². The van der Waals surface area contributed by atoms with Gasteiger partial charge in [0.25, 0.3) is 0 Å². The zero-order valence-corrected chi connectivity index (χ0v) is 3.94. The van der Waals surface area contributed by atoms with Gasteiger partial charge in [0, 0.05) is 13.2 Å². The predicted octanol–water partition coefficient (Wildman–Crippen LogP) is -0.617. The van der Waals surface area contributed by atoms with Crippen LogP contribution >= 0.6 is 0 Å². The van der Waals surface area contributed by atoms with Gasteiger partial charge >= 0.3 is 0 Å². The fraction of sp³-hybridized carbons (Fsp3) is 1.00. The standard InChI is InChI=1S/C4H9O2/c1-2-6-4-3-5/h2-4H2,1H3/q-1. The second kappa shape index (κ2) is 4.92. The van der Waals surface area contributed by atoms with Crippen LogP contribution in [0.1, 0.15) is 6.92 Å². The first-order chi connectivity index (χ1) is 2.91. The Kier molecular flexibility index (Phi) is 4.85. The summed E-state index contributed by atoms with van der Waals surface area (Å²) in [5.41, 5.74) is 0. The lowest BCUT2D eigenvalue weighted by Gasteiger charge is -2.00. The first kappa shape index (κ1) is 5.92. The Morgan fingerprint density at radius 1 is 1.67 bits per heavy atom. The third kappa shape index (κ3) is 3.92. The second-order valence-electron chi connectivity index (χ2n) is 0.901. The van der Waals surface area contributed by atoms with Gasteiger partial charge in [-0.25, -0.2) is 0 Å². The van der Waals surface area contributed by atoms with Crippen LogP contribution < -0.4 is 5.11 Å². The van der Waals surface area contributed by atoms with Crippen molar-refractivity contribution in [3.8, 4) is 0 Å². The van der Waals surface area contributed by atoms with Crippen LogP contribution in [0.2, 0.25) is 0 Å². The average molecular weight is 89.1 g/mol. The van der Waals surface area contributed by atoms with Crippen molar-refractivity contribution in [2.75, 3.05) is 19.8 Å². The van der Waals surface area contributed by atoms with E-state index >= 15 is 0 Å². The van der Waals surface area contributed by atoms with E-state index in [4.69, 9.17) is 0 Å². The summed E-state index contributed by atoms with van der Waals surface area (Å²) < 4.78 is 4.67. The van der Waals surface area contributed by atoms with Crippen LogP contribution in [-0.2, 0) is 4.74 Å². The smallest absolute Gasteiger partial charge is 0.0437 e. The van der Waals surface area contributed by atoms with Crippen LogP contribution in [0, 0.1) is 0 Å². The summed E-state index contributed by atoms with van der Waals surface area (Å²) >= 11 is 0. The molecule has 0 aromatic heterocycles. The van der Waals surface area contributed by atoms with Crippen molar-refractivity contribution < 1.29 is 9.84 Å². The van der Waals surface area contributed by atoms with Crippen molar-refractivity contribution >= 4 is 0 Å². The highest BCUT2D eigenvalue weighted by molar-refractivity contribution is 4.16. The maximum atomic E-state index is 9.56. The summed E-state index contributed by atoms with van der Waals surface area (Å²) in [6.45, 7) is 2.77. The SMILES string of the molecule is CCOCC[O-]. The van der Waals surface area contributed by atoms with Gasteiger partial charge in [-0.3, -0.25) is 0 Å². The van der Waals surface area contributed by atoms with E-state index in [1.54, 1.807) is 0 Å². The van der Waals surface area contributed by atoms with Crippen molar-refractivity contribution in [2.45, 2.75) is 6.92 Å². The lowest BCUT2D eigenvalue weighted by molar-refractivity contribution is -0.374. The monoisotopic (exact) mass is 89.1 g/mol. The molecule has 0 rings (SSSR count). The van der Waals surface area contributed by atoms with Crippen LogP contribution in [0.3, 0.4) is 0 Å². The van der Waals surface area contributed by atoms with Crippen LogP contribution in [0.4, 0.5) is 0 Å². The predicted molar refractivity (Wildman–Crippen MR) is 21.4 cm³/mol. The maximum absolute atomic E-state index is 9.56. The first-order valence-electron chi connectivity index (χ1n) is 2.07. The van der Waals surface area contributed by atoms with E-state index in [1.807, 2.05) is 6.92 Å². The fourth-order valence-corrected chi connectivity index (χ4v) is 0.203. The molecule has 0 heterocycles. The Hall–Kier alpha value is -0.0800. The molecule has 0 unspecified atom stereocenters. The number of rotatable bonds is 3. The molecule has 0 radical (unpaired) electrons. The van der Waals surface area contributed by atoms with Crippen LogP contribution in [0.5, 0.6) is 0 Å². The zero-order chi connectivity index (χ0) is 4.83. The van der Waals surface area contributed by atoms with E-state index in [1.165, 1.54) is 0 Å². The molecule has 0 saturated heterocycles. The van der Waals surface area contributed by atoms with E-state index < -0.39 is 0 Å². The molecule has 0 atom stereocenters. The van der Waals surface area contributed by atoms with Gasteiger partial charge in [-0.1, -0.05) is 0 Å². The number of hydrogen-bond acceptors (Lipinski definition) is 2. The molecule has 0 aromatic carbocycles. The van der Waals surface area contributed by atoms with E-state index in [2.05, 4.69) is 4.74 Å². The van der Waals surface area contributed by atoms with Crippen molar-refractivity contribution in [1.29, 1.82) is 0 Å². The van der Waals surface area contributed by atoms with E-state index in [9.17, 15) is 5.11 Å². The zero-order valence-electron chi connectivity index (χ0n) is 3.94. The maximum Gasteiger partial charge on any atom is 0.0437 e. The largest absolute Gasteiger partial charge is 0.853 e. The topological polar surface area (TPSA) is 32.3 Å². The molecule has 2 heteroatoms. The lowest BCUT2D eigenvalue weighted by atomic mass is 10.8. The Labute approximate surface area is 37.7 Å². The Bertz CT molecular complexity index is 17.5. The summed E-state index contributed by atoms with van der Waals surface area (Å²) in [6, 6.07) is 0. The molecular weight excluding hydrogens is 80.0 g/mol. The second-order valence-corrected chi connectivity index (χ2v) is 0.901. The molecule has 0 aliphatic heterocycles. The third-order valence-corrected chi connectivity index (χ3v) is 0.432. The normalized spacial score (nSPS) is 9.00. The molecule has 0 aliphatic carbocycles. The Balaban J connectivity index is 2.34. The molecule has 0 amide bonds. The lowest BCUT2D eigenvalue weighted by Crippen LogP contribution is -2.12. The molecule has 0 spiro atoms. The molecule has 38 valence electrons. The molecule has 0 N–H and O–H groups in total. The number of ether oxygens (including phenoxy) is 1. The fourth-order valence-electron chi connectivity index (χ4n) is 0.203. The van der Waals surface area contributed by atoms with Crippen molar-refractivity contribution in [2.24, 2.45) is 0 Å². The van der Waals surface area contributed by atoms with Gasteiger partial charge in [-0.15, -0.1) is 6.61 Å². The van der Waals surface area contributed by atoms with Crippen molar-refractivity contribution in [1.82, 2.24) is 0 Å². The molecule has 2 nitrogen and oxygen atoms in total. The number of hydrogen-bond donors (Lipinski definition) is 0. The van der Waals surface area contributed by atoms with Gasteiger partial charge in [-0.2, -0.15) is 0 Å². The highest BCUT2D eigenvalue weighted by Crippen LogP contribution is 1.64. The third-order valence-electron chi connectivity index (χ3n) is 0.432. The average Bonchev–Trinajstić information content (AvgIpc) is 1.61. The molecule has 0 aliphatic rings. The van der Waals surface area contributed by atoms with E-state index in [0.717, 1.165) is 0 Å². The molecule has 0 bridgehead atoms.